The SMILES string of the molecule is N#Cc1cc(F)c(F)cc1-c1ccccc1F. The summed E-state index contributed by atoms with van der Waals surface area (Å²) in [4.78, 5) is 0. The van der Waals surface area contributed by atoms with Crippen molar-refractivity contribution in [2.75, 3.05) is 0 Å². The van der Waals surface area contributed by atoms with Crippen molar-refractivity contribution in [3.63, 3.8) is 0 Å². The zero-order valence-corrected chi connectivity index (χ0v) is 8.55. The van der Waals surface area contributed by atoms with Crippen molar-refractivity contribution in [2.45, 2.75) is 0 Å². The van der Waals surface area contributed by atoms with Crippen molar-refractivity contribution in [1.82, 2.24) is 0 Å². The van der Waals surface area contributed by atoms with E-state index in [0.29, 0.717) is 0 Å². The zero-order valence-electron chi connectivity index (χ0n) is 8.55. The number of halogens is 3. The van der Waals surface area contributed by atoms with E-state index in [1.165, 1.54) is 18.2 Å². The molecule has 0 fully saturated rings. The van der Waals surface area contributed by atoms with E-state index < -0.39 is 17.5 Å². The van der Waals surface area contributed by atoms with Gasteiger partial charge in [-0.15, -0.1) is 0 Å². The molecule has 0 amide bonds. The van der Waals surface area contributed by atoms with E-state index in [9.17, 15) is 13.2 Å². The number of rotatable bonds is 1. The molecule has 0 saturated heterocycles. The van der Waals surface area contributed by atoms with Gasteiger partial charge in [0.2, 0.25) is 0 Å². The van der Waals surface area contributed by atoms with Crippen molar-refractivity contribution in [1.29, 1.82) is 5.26 Å². The van der Waals surface area contributed by atoms with E-state index in [1.807, 2.05) is 0 Å². The van der Waals surface area contributed by atoms with E-state index in [0.717, 1.165) is 12.1 Å². The number of nitrogens with zero attached hydrogens (tertiary/aromatic N) is 1. The van der Waals surface area contributed by atoms with Gasteiger partial charge in [-0.1, -0.05) is 18.2 Å². The lowest BCUT2D eigenvalue weighted by Crippen LogP contribution is -1.93. The first kappa shape index (κ1) is 11.2. The lowest BCUT2D eigenvalue weighted by molar-refractivity contribution is 0.508. The molecule has 2 aromatic rings. The van der Waals surface area contributed by atoms with Crippen molar-refractivity contribution < 1.29 is 13.2 Å². The van der Waals surface area contributed by atoms with Gasteiger partial charge in [0.25, 0.3) is 0 Å². The van der Waals surface area contributed by atoms with Crippen molar-refractivity contribution >= 4 is 0 Å². The normalized spacial score (nSPS) is 10.0. The van der Waals surface area contributed by atoms with Gasteiger partial charge in [0.15, 0.2) is 11.6 Å². The summed E-state index contributed by atoms with van der Waals surface area (Å²) in [6.45, 7) is 0. The second-order valence-corrected chi connectivity index (χ2v) is 3.40. The molecule has 1 nitrogen and oxygen atoms in total. The Balaban J connectivity index is 2.72. The minimum atomic E-state index is -1.12. The highest BCUT2D eigenvalue weighted by Gasteiger charge is 2.13. The van der Waals surface area contributed by atoms with E-state index in [2.05, 4.69) is 0 Å². The van der Waals surface area contributed by atoms with Crippen molar-refractivity contribution in [3.8, 4) is 17.2 Å². The van der Waals surface area contributed by atoms with Crippen LogP contribution >= 0.6 is 0 Å². The van der Waals surface area contributed by atoms with Gasteiger partial charge in [-0.05, 0) is 18.2 Å². The van der Waals surface area contributed by atoms with E-state index >= 15 is 0 Å². The van der Waals surface area contributed by atoms with Gasteiger partial charge >= 0.3 is 0 Å². The van der Waals surface area contributed by atoms with Crippen LogP contribution in [0, 0.1) is 28.8 Å². The standard InChI is InChI=1S/C13H6F3N/c14-11-4-2-1-3-9(11)10-6-13(16)12(15)5-8(10)7-17/h1-6H. The first-order valence-corrected chi connectivity index (χ1v) is 4.77. The van der Waals surface area contributed by atoms with Crippen molar-refractivity contribution in [3.05, 3.63) is 59.4 Å². The molecule has 0 unspecified atom stereocenters. The molecule has 0 radical (unpaired) electrons. The summed E-state index contributed by atoms with van der Waals surface area (Å²) in [6, 6.07) is 8.93. The Bertz CT molecular complexity index is 615. The topological polar surface area (TPSA) is 23.8 Å². The van der Waals surface area contributed by atoms with Gasteiger partial charge in [0.05, 0.1) is 11.6 Å². The molecule has 0 spiro atoms. The summed E-state index contributed by atoms with van der Waals surface area (Å²) in [5.41, 5.74) is 0.0152. The maximum atomic E-state index is 13.5. The van der Waals surface area contributed by atoms with Crippen LogP contribution in [-0.2, 0) is 0 Å². The van der Waals surface area contributed by atoms with Gasteiger partial charge in [-0.25, -0.2) is 13.2 Å². The summed E-state index contributed by atoms with van der Waals surface area (Å²) in [7, 11) is 0. The van der Waals surface area contributed by atoms with Crippen LogP contribution in [0.4, 0.5) is 13.2 Å². The second kappa shape index (κ2) is 4.30. The molecule has 17 heavy (non-hydrogen) atoms. The quantitative estimate of drug-likeness (QED) is 0.737. The molecule has 0 aromatic heterocycles. The Kier molecular flexibility index (Phi) is 2.84. The Morgan fingerprint density at radius 2 is 1.47 bits per heavy atom. The van der Waals surface area contributed by atoms with E-state index in [-0.39, 0.29) is 16.7 Å². The summed E-state index contributed by atoms with van der Waals surface area (Å²) < 4.78 is 39.5. The fourth-order valence-electron chi connectivity index (χ4n) is 1.54. The Labute approximate surface area is 95.7 Å². The fourth-order valence-corrected chi connectivity index (χ4v) is 1.54. The first-order valence-electron chi connectivity index (χ1n) is 4.77. The molecule has 84 valence electrons. The third-order valence-corrected chi connectivity index (χ3v) is 2.34. The average Bonchev–Trinajstić information content (AvgIpc) is 2.33. The summed E-state index contributed by atoms with van der Waals surface area (Å²) in [5, 5.41) is 8.82. The zero-order chi connectivity index (χ0) is 12.4. The maximum Gasteiger partial charge on any atom is 0.160 e. The molecule has 0 heterocycles. The highest BCUT2D eigenvalue weighted by molar-refractivity contribution is 5.71. The number of hydrogen-bond donors (Lipinski definition) is 0. The molecule has 0 atom stereocenters. The molecule has 0 bridgehead atoms. The molecule has 0 aliphatic rings. The molecule has 4 heteroatoms. The lowest BCUT2D eigenvalue weighted by atomic mass is 9.99. The third kappa shape index (κ3) is 2.00. The van der Waals surface area contributed by atoms with Crippen molar-refractivity contribution in [2.24, 2.45) is 0 Å². The van der Waals surface area contributed by atoms with Gasteiger partial charge < -0.3 is 0 Å². The van der Waals surface area contributed by atoms with Gasteiger partial charge in [-0.2, -0.15) is 5.26 Å². The minimum absolute atomic E-state index is 0.0458. The average molecular weight is 233 g/mol. The van der Waals surface area contributed by atoms with Crippen LogP contribution in [0.15, 0.2) is 36.4 Å². The number of nitriles is 1. The van der Waals surface area contributed by atoms with Crippen LogP contribution < -0.4 is 0 Å². The summed E-state index contributed by atoms with van der Waals surface area (Å²) in [6.07, 6.45) is 0. The molecule has 2 aromatic carbocycles. The Morgan fingerprint density at radius 1 is 0.824 bits per heavy atom. The molecular weight excluding hydrogens is 227 g/mol. The summed E-state index contributed by atoms with van der Waals surface area (Å²) in [5.74, 6) is -2.82. The Hall–Kier alpha value is -2.28. The second-order valence-electron chi connectivity index (χ2n) is 3.40. The first-order chi connectivity index (χ1) is 8.13. The molecule has 0 aliphatic carbocycles. The number of hydrogen-bond acceptors (Lipinski definition) is 1. The lowest BCUT2D eigenvalue weighted by Gasteiger charge is -2.06. The fraction of sp³-hybridized carbons (Fsp3) is 0. The predicted octanol–water partition coefficient (Wildman–Crippen LogP) is 3.64. The van der Waals surface area contributed by atoms with Crippen LogP contribution in [0.25, 0.3) is 11.1 Å². The largest absolute Gasteiger partial charge is 0.206 e. The monoisotopic (exact) mass is 233 g/mol. The molecular formula is C13H6F3N. The van der Waals surface area contributed by atoms with Crippen LogP contribution in [0.2, 0.25) is 0 Å². The predicted molar refractivity (Wildman–Crippen MR) is 56.5 cm³/mol. The Morgan fingerprint density at radius 3 is 2.12 bits per heavy atom. The smallest absolute Gasteiger partial charge is 0.160 e. The maximum absolute atomic E-state index is 13.5. The third-order valence-electron chi connectivity index (χ3n) is 2.34. The van der Waals surface area contributed by atoms with Crippen LogP contribution in [0.5, 0.6) is 0 Å². The molecule has 2 rings (SSSR count). The van der Waals surface area contributed by atoms with Gasteiger partial charge in [0.1, 0.15) is 5.82 Å². The van der Waals surface area contributed by atoms with Crippen LogP contribution in [0.3, 0.4) is 0 Å². The van der Waals surface area contributed by atoms with Gasteiger partial charge in [0, 0.05) is 11.1 Å². The van der Waals surface area contributed by atoms with E-state index in [1.54, 1.807) is 12.1 Å². The number of benzene rings is 2. The molecule has 0 aliphatic heterocycles. The summed E-state index contributed by atoms with van der Waals surface area (Å²) >= 11 is 0. The highest BCUT2D eigenvalue weighted by atomic mass is 19.2. The van der Waals surface area contributed by atoms with Crippen LogP contribution in [-0.4, -0.2) is 0 Å². The molecule has 0 saturated carbocycles. The highest BCUT2D eigenvalue weighted by Crippen LogP contribution is 2.27. The minimum Gasteiger partial charge on any atom is -0.206 e. The van der Waals surface area contributed by atoms with Gasteiger partial charge in [-0.3, -0.25) is 0 Å². The van der Waals surface area contributed by atoms with Crippen LogP contribution in [0.1, 0.15) is 5.56 Å². The molecule has 0 N–H and O–H groups in total. The van der Waals surface area contributed by atoms with E-state index in [4.69, 9.17) is 5.26 Å².